The Morgan fingerprint density at radius 1 is 1.12 bits per heavy atom. The zero-order valence-corrected chi connectivity index (χ0v) is 12.1. The number of hydrogen-bond donors (Lipinski definition) is 1. The molecule has 0 rings (SSSR count). The Morgan fingerprint density at radius 2 is 1.56 bits per heavy atom. The zero-order chi connectivity index (χ0) is 13.1. The molecule has 0 fully saturated rings. The molecule has 0 aromatic heterocycles. The largest absolute Gasteiger partial charge is 0.322 e. The number of nitrogens with two attached hydrogens (primary N) is 1. The van der Waals surface area contributed by atoms with Crippen molar-refractivity contribution < 1.29 is 0 Å². The first kappa shape index (κ1) is 15.4. The van der Waals surface area contributed by atoms with Crippen molar-refractivity contribution in [3.8, 4) is 0 Å². The van der Waals surface area contributed by atoms with E-state index in [1.165, 1.54) is 0 Å². The topological polar surface area (TPSA) is 26.0 Å². The summed E-state index contributed by atoms with van der Waals surface area (Å²) in [7, 11) is 0. The Hall–Kier alpha value is -0.560. The van der Waals surface area contributed by atoms with Crippen LogP contribution in [-0.2, 0) is 0 Å². The predicted octanol–water partition coefficient (Wildman–Crippen LogP) is 4.15. The molecule has 1 unspecified atom stereocenters. The fourth-order valence-corrected chi connectivity index (χ4v) is 1.95. The van der Waals surface area contributed by atoms with E-state index in [-0.39, 0.29) is 11.0 Å². The van der Waals surface area contributed by atoms with Crippen LogP contribution in [0, 0.1) is 17.3 Å². The lowest BCUT2D eigenvalue weighted by atomic mass is 9.74. The van der Waals surface area contributed by atoms with Crippen molar-refractivity contribution >= 4 is 0 Å². The van der Waals surface area contributed by atoms with Crippen molar-refractivity contribution in [2.24, 2.45) is 23.0 Å². The molecule has 0 amide bonds. The first-order valence-electron chi connectivity index (χ1n) is 6.12. The minimum Gasteiger partial charge on any atom is -0.322 e. The zero-order valence-electron chi connectivity index (χ0n) is 12.1. The second-order valence-electron chi connectivity index (χ2n) is 6.74. The van der Waals surface area contributed by atoms with Crippen LogP contribution in [0.5, 0.6) is 0 Å². The summed E-state index contributed by atoms with van der Waals surface area (Å²) in [6.07, 6.45) is 4.36. The maximum Gasteiger partial charge on any atom is 0.0346 e. The molecule has 0 aliphatic carbocycles. The summed E-state index contributed by atoms with van der Waals surface area (Å²) in [5, 5.41) is 0. The van der Waals surface area contributed by atoms with Gasteiger partial charge in [0.05, 0.1) is 0 Å². The average Bonchev–Trinajstić information content (AvgIpc) is 1.98. The molecular formula is C15H29N. The van der Waals surface area contributed by atoms with Crippen molar-refractivity contribution in [2.75, 3.05) is 0 Å². The van der Waals surface area contributed by atoms with Gasteiger partial charge >= 0.3 is 0 Å². The normalized spacial score (nSPS) is 15.8. The van der Waals surface area contributed by atoms with Gasteiger partial charge in [0.2, 0.25) is 0 Å². The highest BCUT2D eigenvalue weighted by atomic mass is 14.7. The molecule has 0 saturated heterocycles. The van der Waals surface area contributed by atoms with Crippen molar-refractivity contribution in [1.82, 2.24) is 0 Å². The smallest absolute Gasteiger partial charge is 0.0346 e. The van der Waals surface area contributed by atoms with Gasteiger partial charge in [-0.3, -0.25) is 0 Å². The molecule has 0 aliphatic rings. The van der Waals surface area contributed by atoms with Gasteiger partial charge in [0.1, 0.15) is 0 Å². The van der Waals surface area contributed by atoms with Crippen molar-refractivity contribution in [1.29, 1.82) is 0 Å². The van der Waals surface area contributed by atoms with Crippen LogP contribution in [0.25, 0.3) is 0 Å². The molecule has 2 N–H and O–H groups in total. The van der Waals surface area contributed by atoms with E-state index in [4.69, 9.17) is 5.73 Å². The third-order valence-corrected chi connectivity index (χ3v) is 3.05. The van der Waals surface area contributed by atoms with E-state index >= 15 is 0 Å². The lowest BCUT2D eigenvalue weighted by Crippen LogP contribution is -2.33. The summed E-state index contributed by atoms with van der Waals surface area (Å²) in [6.45, 7) is 19.4. The highest BCUT2D eigenvalue weighted by molar-refractivity contribution is 5.26. The molecule has 1 nitrogen and oxygen atoms in total. The van der Waals surface area contributed by atoms with Crippen molar-refractivity contribution in [3.63, 3.8) is 0 Å². The van der Waals surface area contributed by atoms with Gasteiger partial charge < -0.3 is 5.73 Å². The monoisotopic (exact) mass is 223 g/mol. The van der Waals surface area contributed by atoms with Crippen LogP contribution >= 0.6 is 0 Å². The van der Waals surface area contributed by atoms with Gasteiger partial charge in [-0.2, -0.15) is 0 Å². The van der Waals surface area contributed by atoms with Gasteiger partial charge in [-0.15, -0.1) is 0 Å². The summed E-state index contributed by atoms with van der Waals surface area (Å²) in [5.41, 5.74) is 6.95. The number of hydrogen-bond acceptors (Lipinski definition) is 1. The number of allylic oxidation sites excluding steroid dienone is 1. The fourth-order valence-electron chi connectivity index (χ4n) is 1.95. The van der Waals surface area contributed by atoms with Gasteiger partial charge in [0.15, 0.2) is 0 Å². The molecule has 0 heterocycles. The molecular weight excluding hydrogens is 194 g/mol. The van der Waals surface area contributed by atoms with Crippen molar-refractivity contribution in [3.05, 3.63) is 24.3 Å². The fraction of sp³-hybridized carbons (Fsp3) is 0.733. The van der Waals surface area contributed by atoms with Gasteiger partial charge in [-0.1, -0.05) is 53.3 Å². The molecule has 0 aliphatic heterocycles. The lowest BCUT2D eigenvalue weighted by molar-refractivity contribution is 0.230. The van der Waals surface area contributed by atoms with E-state index in [0.29, 0.717) is 11.8 Å². The van der Waals surface area contributed by atoms with Crippen LogP contribution in [0.4, 0.5) is 0 Å². The van der Waals surface area contributed by atoms with Gasteiger partial charge in [0, 0.05) is 5.54 Å². The Balaban J connectivity index is 4.80. The van der Waals surface area contributed by atoms with E-state index in [0.717, 1.165) is 5.57 Å². The van der Waals surface area contributed by atoms with Gasteiger partial charge in [-0.05, 0) is 36.7 Å². The molecule has 1 atom stereocenters. The van der Waals surface area contributed by atoms with Gasteiger partial charge in [-0.25, -0.2) is 0 Å². The van der Waals surface area contributed by atoms with E-state index in [1.54, 1.807) is 0 Å². The molecule has 0 aromatic rings. The van der Waals surface area contributed by atoms with Crippen LogP contribution in [0.15, 0.2) is 24.3 Å². The maximum atomic E-state index is 6.00. The van der Waals surface area contributed by atoms with Crippen LogP contribution < -0.4 is 5.73 Å². The summed E-state index contributed by atoms with van der Waals surface area (Å²) < 4.78 is 0. The van der Waals surface area contributed by atoms with Crippen LogP contribution in [0.1, 0.15) is 48.5 Å². The molecule has 0 saturated carbocycles. The molecule has 16 heavy (non-hydrogen) atoms. The SMILES string of the molecule is C=C(/C=C\C(C(C)C)C(C)(C)C)C(C)(C)N. The summed E-state index contributed by atoms with van der Waals surface area (Å²) >= 11 is 0. The molecule has 1 heteroatoms. The minimum atomic E-state index is -0.323. The van der Waals surface area contributed by atoms with E-state index < -0.39 is 0 Å². The van der Waals surface area contributed by atoms with Gasteiger partial charge in [0.25, 0.3) is 0 Å². The molecule has 0 spiro atoms. The van der Waals surface area contributed by atoms with Crippen LogP contribution in [0.3, 0.4) is 0 Å². The highest BCUT2D eigenvalue weighted by Crippen LogP contribution is 2.33. The average molecular weight is 223 g/mol. The van der Waals surface area contributed by atoms with E-state index in [1.807, 2.05) is 13.8 Å². The highest BCUT2D eigenvalue weighted by Gasteiger charge is 2.25. The minimum absolute atomic E-state index is 0.281. The summed E-state index contributed by atoms with van der Waals surface area (Å²) in [6, 6.07) is 0. The molecule has 94 valence electrons. The Kier molecular flexibility index (Phi) is 5.00. The molecule has 0 bridgehead atoms. The van der Waals surface area contributed by atoms with Crippen LogP contribution in [-0.4, -0.2) is 5.54 Å². The quantitative estimate of drug-likeness (QED) is 0.712. The van der Waals surface area contributed by atoms with Crippen molar-refractivity contribution in [2.45, 2.75) is 54.0 Å². The molecule has 0 aromatic carbocycles. The van der Waals surface area contributed by atoms with Crippen LogP contribution in [0.2, 0.25) is 0 Å². The van der Waals surface area contributed by atoms with E-state index in [9.17, 15) is 0 Å². The predicted molar refractivity (Wildman–Crippen MR) is 74.3 cm³/mol. The Bertz CT molecular complexity index is 258. The number of rotatable bonds is 4. The summed E-state index contributed by atoms with van der Waals surface area (Å²) in [5.74, 6) is 1.18. The Morgan fingerprint density at radius 3 is 1.81 bits per heavy atom. The third kappa shape index (κ3) is 4.98. The second kappa shape index (κ2) is 5.18. The third-order valence-electron chi connectivity index (χ3n) is 3.05. The summed E-state index contributed by atoms with van der Waals surface area (Å²) in [4.78, 5) is 0. The maximum absolute atomic E-state index is 6.00. The first-order chi connectivity index (χ1) is 6.96. The second-order valence-corrected chi connectivity index (χ2v) is 6.74. The standard InChI is InChI=1S/C15H29N/c1-11(2)13(14(4,5)6)10-9-12(3)15(7,8)16/h9-11,13H,3,16H2,1-2,4-8H3/b10-9-. The first-order valence-corrected chi connectivity index (χ1v) is 6.12. The Labute approximate surface area is 102 Å². The van der Waals surface area contributed by atoms with E-state index in [2.05, 4.69) is 53.3 Å². The lowest BCUT2D eigenvalue weighted by Gasteiger charge is -2.32. The molecule has 0 radical (unpaired) electrons.